The molecule has 0 heterocycles. The molecule has 0 aliphatic rings. The minimum Gasteiger partial charge on any atom is -0.481 e. The second-order valence-electron chi connectivity index (χ2n) is 7.57. The van der Waals surface area contributed by atoms with Gasteiger partial charge in [-0.3, -0.25) is 4.79 Å². The lowest BCUT2D eigenvalue weighted by Gasteiger charge is -2.32. The van der Waals surface area contributed by atoms with Crippen LogP contribution in [0.2, 0.25) is 0 Å². The van der Waals surface area contributed by atoms with Crippen LogP contribution in [0.5, 0.6) is 0 Å². The molecule has 0 bridgehead atoms. The Labute approximate surface area is 139 Å². The highest BCUT2D eigenvalue weighted by Crippen LogP contribution is 2.33. The van der Waals surface area contributed by atoms with Crippen molar-refractivity contribution in [1.82, 2.24) is 5.32 Å². The summed E-state index contributed by atoms with van der Waals surface area (Å²) in [5.41, 5.74) is -1.62. The fraction of sp³-hybridized carbons (Fsp3) is 0.882. The summed E-state index contributed by atoms with van der Waals surface area (Å²) in [4.78, 5) is 23.7. The van der Waals surface area contributed by atoms with E-state index in [4.69, 9.17) is 9.84 Å². The molecular formula is C17H33NO5. The maximum absolute atomic E-state index is 11.9. The van der Waals surface area contributed by atoms with Crippen LogP contribution in [-0.2, 0) is 9.53 Å². The van der Waals surface area contributed by atoms with Gasteiger partial charge in [0.2, 0.25) is 0 Å². The normalized spacial score (nSPS) is 14.4. The number of alkyl carbamates (subject to hydrolysis) is 1. The van der Waals surface area contributed by atoms with Crippen LogP contribution in [0, 0.1) is 11.3 Å². The first-order valence-corrected chi connectivity index (χ1v) is 8.33. The Kier molecular flexibility index (Phi) is 9.20. The van der Waals surface area contributed by atoms with Crippen LogP contribution in [0.15, 0.2) is 0 Å². The Morgan fingerprint density at radius 1 is 1.13 bits per heavy atom. The number of amides is 1. The van der Waals surface area contributed by atoms with Crippen LogP contribution in [0.25, 0.3) is 0 Å². The van der Waals surface area contributed by atoms with Gasteiger partial charge in [0.1, 0.15) is 5.60 Å². The third kappa shape index (κ3) is 9.43. The van der Waals surface area contributed by atoms with Gasteiger partial charge in [-0.2, -0.15) is 0 Å². The van der Waals surface area contributed by atoms with E-state index in [1.807, 2.05) is 13.8 Å². The van der Waals surface area contributed by atoms with Gasteiger partial charge in [0.25, 0.3) is 0 Å². The summed E-state index contributed by atoms with van der Waals surface area (Å²) in [5, 5.41) is 21.2. The topological polar surface area (TPSA) is 95.9 Å². The van der Waals surface area contributed by atoms with E-state index in [0.717, 1.165) is 6.42 Å². The lowest BCUT2D eigenvalue weighted by Crippen LogP contribution is -2.45. The summed E-state index contributed by atoms with van der Waals surface area (Å²) in [6, 6.07) is 0. The molecule has 1 amide bonds. The molecule has 0 radical (unpaired) electrons. The van der Waals surface area contributed by atoms with E-state index < -0.39 is 23.1 Å². The summed E-state index contributed by atoms with van der Waals surface area (Å²) in [5.74, 6) is -0.698. The van der Waals surface area contributed by atoms with Crippen molar-refractivity contribution in [2.75, 3.05) is 13.2 Å². The summed E-state index contributed by atoms with van der Waals surface area (Å²) < 4.78 is 5.18. The monoisotopic (exact) mass is 331 g/mol. The number of nitrogens with one attached hydrogen (secondary N) is 1. The molecule has 6 nitrogen and oxygen atoms in total. The molecule has 3 N–H and O–H groups in total. The third-order valence-corrected chi connectivity index (χ3v) is 3.54. The molecule has 0 saturated heterocycles. The average molecular weight is 331 g/mol. The smallest absolute Gasteiger partial charge is 0.407 e. The number of hydrogen-bond acceptors (Lipinski definition) is 4. The van der Waals surface area contributed by atoms with Gasteiger partial charge >= 0.3 is 12.1 Å². The van der Waals surface area contributed by atoms with Crippen molar-refractivity contribution in [2.24, 2.45) is 11.3 Å². The molecule has 0 aliphatic carbocycles. The van der Waals surface area contributed by atoms with E-state index in [1.165, 1.54) is 0 Å². The minimum absolute atomic E-state index is 0.0502. The Morgan fingerprint density at radius 3 is 2.17 bits per heavy atom. The average Bonchev–Trinajstić information content (AvgIpc) is 2.38. The number of unbranched alkanes of at least 4 members (excludes halogenated alkanes) is 2. The van der Waals surface area contributed by atoms with Crippen molar-refractivity contribution < 1.29 is 24.5 Å². The first-order valence-electron chi connectivity index (χ1n) is 8.33. The summed E-state index contributed by atoms with van der Waals surface area (Å²) in [7, 11) is 0. The highest BCUT2D eigenvalue weighted by Gasteiger charge is 2.39. The summed E-state index contributed by atoms with van der Waals surface area (Å²) in [6.45, 7) is 9.40. The SMILES string of the molecule is CC(C)CC(CCCCCO)(CNC(=O)OC(C)(C)C)C(=O)O. The molecule has 0 rings (SSSR count). The van der Waals surface area contributed by atoms with E-state index in [1.54, 1.807) is 20.8 Å². The standard InChI is InChI=1S/C17H33NO5/c1-13(2)11-17(14(20)21,9-7-6-8-10-19)12-18-15(22)23-16(3,4)5/h13,19H,6-12H2,1-5H3,(H,18,22)(H,20,21). The van der Waals surface area contributed by atoms with E-state index in [0.29, 0.717) is 25.7 Å². The number of ether oxygens (including phenoxy) is 1. The first-order chi connectivity index (χ1) is 10.5. The van der Waals surface area contributed by atoms with Crippen molar-refractivity contribution in [2.45, 2.75) is 72.3 Å². The van der Waals surface area contributed by atoms with Gasteiger partial charge in [0.15, 0.2) is 0 Å². The molecule has 0 aliphatic heterocycles. The van der Waals surface area contributed by atoms with Crippen molar-refractivity contribution in [3.8, 4) is 0 Å². The van der Waals surface area contributed by atoms with E-state index >= 15 is 0 Å². The van der Waals surface area contributed by atoms with Crippen molar-refractivity contribution in [1.29, 1.82) is 0 Å². The number of aliphatic hydroxyl groups excluding tert-OH is 1. The van der Waals surface area contributed by atoms with E-state index in [9.17, 15) is 14.7 Å². The zero-order valence-corrected chi connectivity index (χ0v) is 15.1. The Bertz CT molecular complexity index is 376. The minimum atomic E-state index is -0.999. The number of carbonyl (C=O) groups is 2. The lowest BCUT2D eigenvalue weighted by molar-refractivity contribution is -0.150. The van der Waals surface area contributed by atoms with Gasteiger partial charge < -0.3 is 20.3 Å². The van der Waals surface area contributed by atoms with E-state index in [-0.39, 0.29) is 19.1 Å². The maximum atomic E-state index is 11.9. The second kappa shape index (κ2) is 9.75. The number of carbonyl (C=O) groups excluding carboxylic acids is 1. The molecule has 0 saturated carbocycles. The summed E-state index contributed by atoms with van der Waals surface area (Å²) in [6.07, 6.45) is 2.50. The molecule has 0 aromatic heterocycles. The Hall–Kier alpha value is -1.30. The fourth-order valence-electron chi connectivity index (χ4n) is 2.62. The second-order valence-corrected chi connectivity index (χ2v) is 7.57. The molecule has 6 heteroatoms. The molecule has 1 atom stereocenters. The van der Waals surface area contributed by atoms with Crippen molar-refractivity contribution in [3.63, 3.8) is 0 Å². The molecule has 1 unspecified atom stereocenters. The third-order valence-electron chi connectivity index (χ3n) is 3.54. The predicted octanol–water partition coefficient (Wildman–Crippen LogP) is 3.18. The quantitative estimate of drug-likeness (QED) is 0.534. The largest absolute Gasteiger partial charge is 0.481 e. The molecule has 0 aromatic rings. The highest BCUT2D eigenvalue weighted by molar-refractivity contribution is 5.76. The molecule has 0 spiro atoms. The van der Waals surface area contributed by atoms with Gasteiger partial charge in [-0.25, -0.2) is 4.79 Å². The van der Waals surface area contributed by atoms with Gasteiger partial charge in [0, 0.05) is 13.2 Å². The van der Waals surface area contributed by atoms with Crippen LogP contribution in [0.1, 0.15) is 66.7 Å². The van der Waals surface area contributed by atoms with Crippen LogP contribution < -0.4 is 5.32 Å². The number of carboxylic acids is 1. The molecule has 136 valence electrons. The van der Waals surface area contributed by atoms with Crippen LogP contribution in [0.3, 0.4) is 0 Å². The van der Waals surface area contributed by atoms with Crippen molar-refractivity contribution in [3.05, 3.63) is 0 Å². The van der Waals surface area contributed by atoms with Crippen LogP contribution in [-0.4, -0.2) is 41.0 Å². The Balaban J connectivity index is 4.87. The number of carboxylic acid groups (broad SMARTS) is 1. The van der Waals surface area contributed by atoms with E-state index in [2.05, 4.69) is 5.32 Å². The number of hydrogen-bond donors (Lipinski definition) is 3. The maximum Gasteiger partial charge on any atom is 0.407 e. The predicted molar refractivity (Wildman–Crippen MR) is 89.3 cm³/mol. The number of aliphatic hydroxyl groups is 1. The zero-order valence-electron chi connectivity index (χ0n) is 15.1. The Morgan fingerprint density at radius 2 is 1.74 bits per heavy atom. The van der Waals surface area contributed by atoms with Gasteiger partial charge in [-0.1, -0.05) is 26.7 Å². The van der Waals surface area contributed by atoms with Gasteiger partial charge in [-0.05, 0) is 46.0 Å². The number of rotatable bonds is 10. The van der Waals surface area contributed by atoms with Crippen LogP contribution in [0.4, 0.5) is 4.79 Å². The van der Waals surface area contributed by atoms with Crippen LogP contribution >= 0.6 is 0 Å². The fourth-order valence-corrected chi connectivity index (χ4v) is 2.62. The van der Waals surface area contributed by atoms with Crippen molar-refractivity contribution >= 4 is 12.1 Å². The number of aliphatic carboxylic acids is 1. The lowest BCUT2D eigenvalue weighted by atomic mass is 9.76. The van der Waals surface area contributed by atoms with Gasteiger partial charge in [0.05, 0.1) is 5.41 Å². The zero-order chi connectivity index (χ0) is 18.1. The van der Waals surface area contributed by atoms with Gasteiger partial charge in [-0.15, -0.1) is 0 Å². The molecule has 23 heavy (non-hydrogen) atoms. The summed E-state index contributed by atoms with van der Waals surface area (Å²) >= 11 is 0. The molecule has 0 fully saturated rings. The first kappa shape index (κ1) is 21.7. The highest BCUT2D eigenvalue weighted by atomic mass is 16.6. The molecular weight excluding hydrogens is 298 g/mol. The molecule has 0 aromatic carbocycles.